The van der Waals surface area contributed by atoms with Crippen LogP contribution in [0.4, 0.5) is 5.69 Å². The van der Waals surface area contributed by atoms with Gasteiger partial charge in [0.1, 0.15) is 0 Å². The van der Waals surface area contributed by atoms with Crippen LogP contribution in [0.15, 0.2) is 24.3 Å². The molecule has 4 nitrogen and oxygen atoms in total. The van der Waals surface area contributed by atoms with Gasteiger partial charge in [0.05, 0.1) is 6.10 Å². The van der Waals surface area contributed by atoms with E-state index in [0.29, 0.717) is 17.8 Å². The fourth-order valence-corrected chi connectivity index (χ4v) is 3.07. The summed E-state index contributed by atoms with van der Waals surface area (Å²) in [5.41, 5.74) is 7.66. The van der Waals surface area contributed by atoms with Gasteiger partial charge in [-0.1, -0.05) is 12.1 Å². The minimum atomic E-state index is -0.484. The molecule has 1 fully saturated rings. The average molecular weight is 277 g/mol. The highest BCUT2D eigenvalue weighted by Crippen LogP contribution is 2.36. The molecule has 0 spiro atoms. The Morgan fingerprint density at radius 1 is 1.30 bits per heavy atom. The first-order chi connectivity index (χ1) is 9.43. The maximum atomic E-state index is 10.3. The average Bonchev–Trinajstić information content (AvgIpc) is 2.33. The molecule has 0 amide bonds. The molecule has 1 aliphatic carbocycles. The lowest BCUT2D eigenvalue weighted by Gasteiger charge is -2.49. The molecule has 1 atom stereocenters. The second-order valence-corrected chi connectivity index (χ2v) is 6.35. The quantitative estimate of drug-likeness (QED) is 0.777. The van der Waals surface area contributed by atoms with Gasteiger partial charge in [-0.15, -0.1) is 0 Å². The third-order valence-electron chi connectivity index (χ3n) is 4.58. The molecular weight excluding hydrogens is 250 g/mol. The van der Waals surface area contributed by atoms with Crippen molar-refractivity contribution in [3.05, 3.63) is 29.8 Å². The van der Waals surface area contributed by atoms with Crippen LogP contribution in [-0.2, 0) is 0 Å². The zero-order chi connectivity index (χ0) is 14.8. The molecule has 4 heteroatoms. The zero-order valence-electron chi connectivity index (χ0n) is 12.8. The number of nitrogen functional groups attached to an aromatic ring is 1. The molecule has 0 aromatic heterocycles. The summed E-state index contributed by atoms with van der Waals surface area (Å²) in [4.78, 5) is 4.56. The Kier molecular flexibility index (Phi) is 4.68. The van der Waals surface area contributed by atoms with E-state index in [4.69, 9.17) is 5.73 Å². The standard InChI is InChI=1S/C16H27N3O/c1-18(2)16(8-5-9-16)12-19(3)11-15(20)13-6-4-7-14(17)10-13/h4,6-7,10,15,20H,5,8-9,11-12,17H2,1-3H3. The Bertz CT molecular complexity index is 443. The number of likely N-dealkylation sites (N-methyl/N-ethyl adjacent to an activating group) is 2. The third-order valence-corrected chi connectivity index (χ3v) is 4.58. The largest absolute Gasteiger partial charge is 0.399 e. The molecule has 3 N–H and O–H groups in total. The Labute approximate surface area is 122 Å². The van der Waals surface area contributed by atoms with E-state index < -0.39 is 6.10 Å². The summed E-state index contributed by atoms with van der Waals surface area (Å²) in [5, 5.41) is 10.3. The van der Waals surface area contributed by atoms with Crippen molar-refractivity contribution < 1.29 is 5.11 Å². The lowest BCUT2D eigenvalue weighted by molar-refractivity contribution is 0.0147. The van der Waals surface area contributed by atoms with Crippen LogP contribution < -0.4 is 5.73 Å². The van der Waals surface area contributed by atoms with E-state index in [1.807, 2.05) is 24.3 Å². The minimum absolute atomic E-state index is 0.296. The fourth-order valence-electron chi connectivity index (χ4n) is 3.07. The number of aliphatic hydroxyl groups is 1. The lowest BCUT2D eigenvalue weighted by Crippen LogP contribution is -2.57. The van der Waals surface area contributed by atoms with Crippen LogP contribution in [0.1, 0.15) is 30.9 Å². The highest BCUT2D eigenvalue weighted by atomic mass is 16.3. The summed E-state index contributed by atoms with van der Waals surface area (Å²) >= 11 is 0. The van der Waals surface area contributed by atoms with Gasteiger partial charge in [0.2, 0.25) is 0 Å². The van der Waals surface area contributed by atoms with Crippen LogP contribution in [0.2, 0.25) is 0 Å². The number of aliphatic hydroxyl groups excluding tert-OH is 1. The molecule has 0 bridgehead atoms. The van der Waals surface area contributed by atoms with Gasteiger partial charge in [-0.2, -0.15) is 0 Å². The molecule has 0 aliphatic heterocycles. The molecule has 0 radical (unpaired) electrons. The van der Waals surface area contributed by atoms with Gasteiger partial charge in [0.25, 0.3) is 0 Å². The smallest absolute Gasteiger partial charge is 0.0917 e. The molecule has 2 rings (SSSR count). The predicted octanol–water partition coefficient (Wildman–Crippen LogP) is 1.72. The first-order valence-corrected chi connectivity index (χ1v) is 7.32. The maximum Gasteiger partial charge on any atom is 0.0917 e. The van der Waals surface area contributed by atoms with Crippen molar-refractivity contribution in [3.8, 4) is 0 Å². The first-order valence-electron chi connectivity index (χ1n) is 7.32. The summed E-state index contributed by atoms with van der Waals surface area (Å²) in [5.74, 6) is 0. The van der Waals surface area contributed by atoms with Gasteiger partial charge in [-0.25, -0.2) is 0 Å². The van der Waals surface area contributed by atoms with E-state index in [9.17, 15) is 5.11 Å². The van der Waals surface area contributed by atoms with E-state index in [-0.39, 0.29) is 0 Å². The van der Waals surface area contributed by atoms with Crippen molar-refractivity contribution in [2.24, 2.45) is 0 Å². The monoisotopic (exact) mass is 277 g/mol. The van der Waals surface area contributed by atoms with E-state index in [1.165, 1.54) is 19.3 Å². The van der Waals surface area contributed by atoms with Crippen LogP contribution in [0.3, 0.4) is 0 Å². The highest BCUT2D eigenvalue weighted by Gasteiger charge is 2.39. The Balaban J connectivity index is 1.92. The van der Waals surface area contributed by atoms with Gasteiger partial charge < -0.3 is 20.6 Å². The van der Waals surface area contributed by atoms with Crippen molar-refractivity contribution in [2.75, 3.05) is 40.0 Å². The normalized spacial score (nSPS) is 19.1. The molecule has 1 aromatic carbocycles. The first kappa shape index (κ1) is 15.3. The minimum Gasteiger partial charge on any atom is -0.399 e. The SMILES string of the molecule is CN(CC(O)c1cccc(N)c1)CC1(N(C)C)CCC1. The second-order valence-electron chi connectivity index (χ2n) is 6.35. The van der Waals surface area contributed by atoms with Gasteiger partial charge in [0, 0.05) is 24.3 Å². The molecule has 1 aromatic rings. The summed E-state index contributed by atoms with van der Waals surface area (Å²) in [7, 11) is 6.39. The Hall–Kier alpha value is -1.10. The fraction of sp³-hybridized carbons (Fsp3) is 0.625. The van der Waals surface area contributed by atoms with Crippen molar-refractivity contribution in [1.29, 1.82) is 0 Å². The number of rotatable bonds is 6. The predicted molar refractivity (Wildman–Crippen MR) is 83.6 cm³/mol. The number of anilines is 1. The van der Waals surface area contributed by atoms with Gasteiger partial charge in [0.15, 0.2) is 0 Å². The Morgan fingerprint density at radius 2 is 2.00 bits per heavy atom. The van der Waals surface area contributed by atoms with E-state index in [2.05, 4.69) is 30.9 Å². The molecular formula is C16H27N3O. The third kappa shape index (κ3) is 3.32. The number of benzene rings is 1. The molecule has 112 valence electrons. The maximum absolute atomic E-state index is 10.3. The van der Waals surface area contributed by atoms with E-state index >= 15 is 0 Å². The van der Waals surface area contributed by atoms with Crippen LogP contribution in [0.25, 0.3) is 0 Å². The molecule has 1 aliphatic rings. The number of nitrogens with zero attached hydrogens (tertiary/aromatic N) is 2. The summed E-state index contributed by atoms with van der Waals surface area (Å²) in [6.45, 7) is 1.64. The van der Waals surface area contributed by atoms with Gasteiger partial charge >= 0.3 is 0 Å². The van der Waals surface area contributed by atoms with Crippen LogP contribution >= 0.6 is 0 Å². The highest BCUT2D eigenvalue weighted by molar-refractivity contribution is 5.41. The zero-order valence-corrected chi connectivity index (χ0v) is 12.8. The van der Waals surface area contributed by atoms with Gasteiger partial charge in [-0.05, 0) is 58.1 Å². The van der Waals surface area contributed by atoms with Crippen LogP contribution in [0.5, 0.6) is 0 Å². The number of nitrogens with two attached hydrogens (primary N) is 1. The second kappa shape index (κ2) is 6.12. The summed E-state index contributed by atoms with van der Waals surface area (Å²) in [6.07, 6.45) is 3.32. The topological polar surface area (TPSA) is 52.7 Å². The van der Waals surface area contributed by atoms with Crippen LogP contribution in [0, 0.1) is 0 Å². The molecule has 0 saturated heterocycles. The molecule has 1 unspecified atom stereocenters. The van der Waals surface area contributed by atoms with Crippen molar-refractivity contribution in [1.82, 2.24) is 9.80 Å². The molecule has 0 heterocycles. The van der Waals surface area contributed by atoms with Crippen molar-refractivity contribution >= 4 is 5.69 Å². The van der Waals surface area contributed by atoms with E-state index in [1.54, 1.807) is 0 Å². The summed E-state index contributed by atoms with van der Waals surface area (Å²) in [6, 6.07) is 7.51. The van der Waals surface area contributed by atoms with E-state index in [0.717, 1.165) is 12.1 Å². The number of hydrogen-bond donors (Lipinski definition) is 2. The summed E-state index contributed by atoms with van der Waals surface area (Å²) < 4.78 is 0. The lowest BCUT2D eigenvalue weighted by atomic mass is 9.75. The van der Waals surface area contributed by atoms with Crippen LogP contribution in [-0.4, -0.2) is 54.7 Å². The Morgan fingerprint density at radius 3 is 2.50 bits per heavy atom. The number of hydrogen-bond acceptors (Lipinski definition) is 4. The van der Waals surface area contributed by atoms with Crippen molar-refractivity contribution in [3.63, 3.8) is 0 Å². The van der Waals surface area contributed by atoms with Crippen molar-refractivity contribution in [2.45, 2.75) is 30.9 Å². The molecule has 1 saturated carbocycles. The van der Waals surface area contributed by atoms with Gasteiger partial charge in [-0.3, -0.25) is 0 Å². The molecule has 20 heavy (non-hydrogen) atoms.